The zero-order valence-electron chi connectivity index (χ0n) is 18.6. The van der Waals surface area contributed by atoms with E-state index in [1.54, 1.807) is 0 Å². The van der Waals surface area contributed by atoms with Crippen LogP contribution in [0, 0.1) is 0 Å². The molecule has 1 aliphatic rings. The number of aliphatic hydroxyl groups excluding tert-OH is 2. The summed E-state index contributed by atoms with van der Waals surface area (Å²) in [5, 5.41) is 20.0. The molecule has 0 amide bonds. The van der Waals surface area contributed by atoms with Crippen molar-refractivity contribution in [1.29, 1.82) is 0 Å². The van der Waals surface area contributed by atoms with Gasteiger partial charge in [0.1, 0.15) is 24.1 Å². The Balaban J connectivity index is -0.000000210. The fourth-order valence-corrected chi connectivity index (χ4v) is 4.28. The number of nitrogen functional groups attached to an aromatic ring is 1. The van der Waals surface area contributed by atoms with E-state index in [-0.39, 0.29) is 80.3 Å². The third kappa shape index (κ3) is 14.4. The second-order valence-corrected chi connectivity index (χ2v) is 8.50. The molecule has 216 valence electrons. The van der Waals surface area contributed by atoms with Crippen LogP contribution < -0.4 is 51.6 Å². The van der Waals surface area contributed by atoms with Gasteiger partial charge < -0.3 is 79.1 Å². The Morgan fingerprint density at radius 1 is 1.08 bits per heavy atom. The average Bonchev–Trinajstić information content (AvgIpc) is 2.86. The summed E-state index contributed by atoms with van der Waals surface area (Å²) in [6, 6.07) is 1.24. The first-order valence-electron chi connectivity index (χ1n) is 7.66. The summed E-state index contributed by atoms with van der Waals surface area (Å²) in [6.45, 7) is -1.52. The number of phosphoric acid groups is 2. The molecular weight excluding hydrogens is 561 g/mol. The van der Waals surface area contributed by atoms with Crippen molar-refractivity contribution in [2.45, 2.75) is 24.5 Å². The van der Waals surface area contributed by atoms with Crippen LogP contribution in [0.3, 0.4) is 0 Å². The van der Waals surface area contributed by atoms with Crippen LogP contribution in [-0.4, -0.2) is 101 Å². The standard InChI is InChI=1S/C11H20N4O11P2.Na.7H2O/c12-2-4-23-27(19,20)26-28(21,22)24-5-6-8(16)9(17)10(25-6)15-3-1-7(13)14-11(15)18;;;;;;;;/h1,3,6,8-10,16-17H,2,4-5,12H2,(H,19,20)(H,21,22)(H2,13,14,18);;7*1H2/q;+1;;;;;;;/p-1/t6-,8-,9-,10-;;;;;;;;/m1......../s1. The minimum absolute atomic E-state index is 0. The number of rotatable bonds is 9. The Hall–Kier alpha value is -0.500. The summed E-state index contributed by atoms with van der Waals surface area (Å²) in [6.07, 6.45) is -4.98. The maximum absolute atomic E-state index is 11.8. The Morgan fingerprint density at radius 3 is 2.08 bits per heavy atom. The molecule has 2 rings (SSSR count). The van der Waals surface area contributed by atoms with Gasteiger partial charge in [-0.25, -0.2) is 13.7 Å². The number of aromatic nitrogens is 2. The van der Waals surface area contributed by atoms with Gasteiger partial charge in [0, 0.05) is 12.7 Å². The van der Waals surface area contributed by atoms with E-state index >= 15 is 0 Å². The van der Waals surface area contributed by atoms with E-state index in [0.717, 1.165) is 10.8 Å². The maximum Gasteiger partial charge on any atom is 1.00 e. The van der Waals surface area contributed by atoms with Crippen LogP contribution in [0.15, 0.2) is 17.1 Å². The Bertz CT molecular complexity index is 850. The second-order valence-electron chi connectivity index (χ2n) is 5.50. The number of phosphoric ester groups is 2. The number of nitrogens with zero attached hydrogens (tertiary/aromatic N) is 2. The monoisotopic (exact) mass is 594 g/mol. The van der Waals surface area contributed by atoms with Crippen LogP contribution in [0.2, 0.25) is 0 Å². The summed E-state index contributed by atoms with van der Waals surface area (Å²) in [5.41, 5.74) is 9.53. The Kier molecular flexibility index (Phi) is 31.0. The molecule has 1 aromatic rings. The van der Waals surface area contributed by atoms with Gasteiger partial charge >= 0.3 is 43.1 Å². The van der Waals surface area contributed by atoms with Gasteiger partial charge in [0.15, 0.2) is 6.23 Å². The van der Waals surface area contributed by atoms with Crippen molar-refractivity contribution >= 4 is 21.5 Å². The topological polar surface area (TPSA) is 462 Å². The molecule has 22 nitrogen and oxygen atoms in total. The summed E-state index contributed by atoms with van der Waals surface area (Å²) < 4.78 is 41.7. The van der Waals surface area contributed by atoms with Crippen molar-refractivity contribution in [1.82, 2.24) is 9.55 Å². The largest absolute Gasteiger partial charge is 1.00 e. The molecule has 21 N–H and O–H groups in total. The third-order valence-electron chi connectivity index (χ3n) is 3.44. The van der Waals surface area contributed by atoms with Gasteiger partial charge in [-0.15, -0.1) is 0 Å². The first-order chi connectivity index (χ1) is 13.0. The molecule has 0 radical (unpaired) electrons. The second kappa shape index (κ2) is 21.4. The van der Waals surface area contributed by atoms with Crippen LogP contribution >= 0.6 is 15.6 Å². The fourth-order valence-electron chi connectivity index (χ4n) is 2.22. The SMILES string of the molecule is NCCOP(=O)(O)OP(=O)([O-])OC[C@H]1O[C@@H](n2ccc(N)nc2=O)[C@H](O)[C@@H]1O.O.O.O.O.O.O.O.[Na+]. The van der Waals surface area contributed by atoms with Gasteiger partial charge in [-0.2, -0.15) is 4.98 Å². The summed E-state index contributed by atoms with van der Waals surface area (Å²) in [5.74, 6) is -0.0797. The average molecular weight is 594 g/mol. The van der Waals surface area contributed by atoms with Crippen LogP contribution in [-0.2, 0) is 27.2 Å². The molecule has 2 unspecified atom stereocenters. The van der Waals surface area contributed by atoms with Gasteiger partial charge in [0.25, 0.3) is 7.82 Å². The van der Waals surface area contributed by atoms with Crippen LogP contribution in [0.1, 0.15) is 6.23 Å². The minimum Gasteiger partial charge on any atom is -0.756 e. The number of hydrogen-bond donors (Lipinski definition) is 5. The number of nitrogens with two attached hydrogens (primary N) is 2. The molecule has 25 heteroatoms. The predicted molar refractivity (Wildman–Crippen MR) is 114 cm³/mol. The molecule has 0 aliphatic carbocycles. The van der Waals surface area contributed by atoms with Crippen molar-refractivity contribution < 1.29 is 115 Å². The smallest absolute Gasteiger partial charge is 0.756 e. The summed E-state index contributed by atoms with van der Waals surface area (Å²) in [7, 11) is -10.3. The maximum atomic E-state index is 11.8. The van der Waals surface area contributed by atoms with E-state index < -0.39 is 59.1 Å². The van der Waals surface area contributed by atoms with Gasteiger partial charge in [-0.1, -0.05) is 0 Å². The van der Waals surface area contributed by atoms with Crippen molar-refractivity contribution in [2.24, 2.45) is 5.73 Å². The molecule has 0 aromatic carbocycles. The summed E-state index contributed by atoms with van der Waals surface area (Å²) >= 11 is 0. The first-order valence-corrected chi connectivity index (χ1v) is 10.6. The number of anilines is 1. The van der Waals surface area contributed by atoms with Crippen molar-refractivity contribution in [2.75, 3.05) is 25.5 Å². The molecule has 1 fully saturated rings. The molecule has 0 saturated carbocycles. The zero-order chi connectivity index (χ0) is 21.1. The quantitative estimate of drug-likeness (QED) is 0.131. The van der Waals surface area contributed by atoms with Crippen molar-refractivity contribution in [3.8, 4) is 0 Å². The van der Waals surface area contributed by atoms with E-state index in [9.17, 15) is 33.9 Å². The molecule has 1 aliphatic heterocycles. The molecule has 0 bridgehead atoms. The minimum atomic E-state index is -5.36. The number of hydrogen-bond acceptors (Lipinski definition) is 13. The van der Waals surface area contributed by atoms with E-state index in [2.05, 4.69) is 18.3 Å². The van der Waals surface area contributed by atoms with Gasteiger partial charge in [-0.05, 0) is 6.07 Å². The van der Waals surface area contributed by atoms with Crippen LogP contribution in [0.4, 0.5) is 5.82 Å². The Morgan fingerprint density at radius 2 is 1.61 bits per heavy atom. The molecule has 1 saturated heterocycles. The number of ether oxygens (including phenoxy) is 1. The molecular formula is C11H33N4NaO18P2. The van der Waals surface area contributed by atoms with Crippen molar-refractivity contribution in [3.05, 3.63) is 22.7 Å². The van der Waals surface area contributed by atoms with Gasteiger partial charge in [0.05, 0.1) is 13.2 Å². The predicted octanol–water partition coefficient (Wildman–Crippen LogP) is -11.7. The summed E-state index contributed by atoms with van der Waals surface area (Å²) in [4.78, 5) is 36.2. The molecule has 36 heavy (non-hydrogen) atoms. The van der Waals surface area contributed by atoms with Crippen molar-refractivity contribution in [3.63, 3.8) is 0 Å². The molecule has 1 aromatic heterocycles. The van der Waals surface area contributed by atoms with Crippen LogP contribution in [0.25, 0.3) is 0 Å². The zero-order valence-corrected chi connectivity index (χ0v) is 22.4. The van der Waals surface area contributed by atoms with E-state index in [4.69, 9.17) is 16.2 Å². The van der Waals surface area contributed by atoms with E-state index in [0.29, 0.717) is 0 Å². The molecule has 0 spiro atoms. The Labute approximate surface area is 224 Å². The van der Waals surface area contributed by atoms with Gasteiger partial charge in [0.2, 0.25) is 0 Å². The van der Waals surface area contributed by atoms with E-state index in [1.807, 2.05) is 0 Å². The van der Waals surface area contributed by atoms with Gasteiger partial charge in [-0.3, -0.25) is 13.7 Å². The molecule has 2 heterocycles. The number of aliphatic hydroxyl groups is 2. The first kappa shape index (κ1) is 52.0. The normalized spacial score (nSPS) is 22.8. The van der Waals surface area contributed by atoms with Crippen LogP contribution in [0.5, 0.6) is 0 Å². The van der Waals surface area contributed by atoms with E-state index in [1.165, 1.54) is 6.07 Å². The fraction of sp³-hybridized carbons (Fsp3) is 0.636. The molecule has 6 atom stereocenters. The third-order valence-corrected chi connectivity index (χ3v) is 6.03.